The summed E-state index contributed by atoms with van der Waals surface area (Å²) in [6, 6.07) is 4.43. The molecule has 1 aromatic rings. The van der Waals surface area contributed by atoms with Gasteiger partial charge in [-0.15, -0.1) is 0 Å². The Bertz CT molecular complexity index is 466. The quantitative estimate of drug-likeness (QED) is 0.822. The number of hydrogen-bond acceptors (Lipinski definition) is 3. The molecule has 0 aliphatic carbocycles. The van der Waals surface area contributed by atoms with E-state index >= 15 is 0 Å². The van der Waals surface area contributed by atoms with Crippen molar-refractivity contribution < 1.29 is 0 Å². The Hall–Kier alpha value is -0.960. The van der Waals surface area contributed by atoms with Gasteiger partial charge in [0.15, 0.2) is 5.17 Å². The van der Waals surface area contributed by atoms with Crippen LogP contribution >= 0.6 is 11.8 Å². The van der Waals surface area contributed by atoms with Crippen LogP contribution in [0.15, 0.2) is 17.1 Å². The molecular weight excluding hydrogens is 240 g/mol. The fourth-order valence-electron chi connectivity index (χ4n) is 2.20. The summed E-state index contributed by atoms with van der Waals surface area (Å²) in [5.74, 6) is 1.13. The van der Waals surface area contributed by atoms with Gasteiger partial charge in [-0.2, -0.15) is 0 Å². The molecule has 98 valence electrons. The molecule has 0 bridgehead atoms. The average molecular weight is 262 g/mol. The van der Waals surface area contributed by atoms with Crippen molar-refractivity contribution in [3.8, 4) is 0 Å². The maximum atomic E-state index is 4.65. The molecule has 2 rings (SSSR count). The van der Waals surface area contributed by atoms with Crippen LogP contribution in [0.3, 0.4) is 0 Å². The number of thioether (sulfide) groups is 1. The Balaban J connectivity index is 2.18. The smallest absolute Gasteiger partial charge is 0.161 e. The maximum absolute atomic E-state index is 4.65. The second-order valence-corrected chi connectivity index (χ2v) is 6.94. The molecule has 1 heterocycles. The number of rotatable bonds is 1. The van der Waals surface area contributed by atoms with Gasteiger partial charge in [-0.1, -0.05) is 43.3 Å². The van der Waals surface area contributed by atoms with Gasteiger partial charge in [0, 0.05) is 18.0 Å². The molecule has 1 N–H and O–H groups in total. The minimum absolute atomic E-state index is 0.327. The van der Waals surface area contributed by atoms with E-state index in [4.69, 9.17) is 0 Å². The first-order valence-corrected chi connectivity index (χ1v) is 7.38. The highest BCUT2D eigenvalue weighted by Gasteiger charge is 2.23. The summed E-state index contributed by atoms with van der Waals surface area (Å²) in [6.45, 7) is 11.9. The van der Waals surface area contributed by atoms with Crippen molar-refractivity contribution in [2.45, 2.75) is 34.6 Å². The lowest BCUT2D eigenvalue weighted by atomic mass is 9.97. The largest absolute Gasteiger partial charge is 0.335 e. The van der Waals surface area contributed by atoms with E-state index in [1.54, 1.807) is 0 Å². The van der Waals surface area contributed by atoms with Crippen molar-refractivity contribution in [3.63, 3.8) is 0 Å². The predicted molar refractivity (Wildman–Crippen MR) is 82.8 cm³/mol. The van der Waals surface area contributed by atoms with E-state index in [0.29, 0.717) is 5.41 Å². The fourth-order valence-corrected chi connectivity index (χ4v) is 3.15. The minimum Gasteiger partial charge on any atom is -0.335 e. The summed E-state index contributed by atoms with van der Waals surface area (Å²) >= 11 is 1.83. The lowest BCUT2D eigenvalue weighted by Gasteiger charge is -2.28. The summed E-state index contributed by atoms with van der Waals surface area (Å²) in [5, 5.41) is 4.55. The molecule has 2 nitrogen and oxygen atoms in total. The second-order valence-electron chi connectivity index (χ2n) is 5.97. The van der Waals surface area contributed by atoms with Gasteiger partial charge in [-0.05, 0) is 37.3 Å². The predicted octanol–water partition coefficient (Wildman–Crippen LogP) is 4.15. The van der Waals surface area contributed by atoms with Gasteiger partial charge in [-0.3, -0.25) is 4.99 Å². The monoisotopic (exact) mass is 262 g/mol. The average Bonchev–Trinajstić information content (AvgIpc) is 2.25. The lowest BCUT2D eigenvalue weighted by molar-refractivity contribution is 0.438. The molecule has 0 aromatic heterocycles. The topological polar surface area (TPSA) is 24.4 Å². The summed E-state index contributed by atoms with van der Waals surface area (Å²) in [4.78, 5) is 4.65. The van der Waals surface area contributed by atoms with E-state index in [1.165, 1.54) is 22.4 Å². The molecular formula is C15H22N2S. The SMILES string of the molecule is Cc1cc(C)c(NC2=NCC(C)(C)CS2)c(C)c1. The zero-order valence-electron chi connectivity index (χ0n) is 11.9. The second kappa shape index (κ2) is 4.96. The van der Waals surface area contributed by atoms with Crippen molar-refractivity contribution in [1.82, 2.24) is 0 Å². The van der Waals surface area contributed by atoms with Crippen LogP contribution in [0.25, 0.3) is 0 Å². The molecule has 0 spiro atoms. The van der Waals surface area contributed by atoms with Crippen molar-refractivity contribution >= 4 is 22.6 Å². The summed E-state index contributed by atoms with van der Waals surface area (Å²) in [5.41, 5.74) is 5.44. The molecule has 1 aliphatic rings. The summed E-state index contributed by atoms with van der Waals surface area (Å²) in [7, 11) is 0. The third-order valence-electron chi connectivity index (χ3n) is 3.16. The van der Waals surface area contributed by atoms with Gasteiger partial charge in [0.2, 0.25) is 0 Å². The van der Waals surface area contributed by atoms with Crippen molar-refractivity contribution in [1.29, 1.82) is 0 Å². The molecule has 0 radical (unpaired) electrons. The van der Waals surface area contributed by atoms with Gasteiger partial charge in [0.05, 0.1) is 0 Å². The number of hydrogen-bond donors (Lipinski definition) is 1. The molecule has 0 saturated carbocycles. The number of nitrogens with one attached hydrogen (secondary N) is 1. The van der Waals surface area contributed by atoms with Crippen molar-refractivity contribution in [2.24, 2.45) is 10.4 Å². The Morgan fingerprint density at radius 1 is 1.17 bits per heavy atom. The number of nitrogens with zero attached hydrogens (tertiary/aromatic N) is 1. The van der Waals surface area contributed by atoms with Gasteiger partial charge in [0.25, 0.3) is 0 Å². The van der Waals surface area contributed by atoms with Crippen LogP contribution < -0.4 is 5.32 Å². The van der Waals surface area contributed by atoms with Gasteiger partial charge >= 0.3 is 0 Å². The molecule has 0 fully saturated rings. The molecule has 0 unspecified atom stereocenters. The maximum Gasteiger partial charge on any atom is 0.161 e. The molecule has 3 heteroatoms. The van der Waals surface area contributed by atoms with Crippen molar-refractivity contribution in [2.75, 3.05) is 17.6 Å². The van der Waals surface area contributed by atoms with E-state index in [0.717, 1.165) is 17.5 Å². The number of amidine groups is 1. The van der Waals surface area contributed by atoms with Crippen LogP contribution in [-0.4, -0.2) is 17.5 Å². The number of benzene rings is 1. The fraction of sp³-hybridized carbons (Fsp3) is 0.533. The summed E-state index contributed by atoms with van der Waals surface area (Å²) < 4.78 is 0. The highest BCUT2D eigenvalue weighted by atomic mass is 32.2. The van der Waals surface area contributed by atoms with Crippen LogP contribution in [0.5, 0.6) is 0 Å². The molecule has 1 aliphatic heterocycles. The van der Waals surface area contributed by atoms with Crippen LogP contribution in [0.2, 0.25) is 0 Å². The summed E-state index contributed by atoms with van der Waals surface area (Å²) in [6.07, 6.45) is 0. The lowest BCUT2D eigenvalue weighted by Crippen LogP contribution is -2.27. The molecule has 0 amide bonds. The highest BCUT2D eigenvalue weighted by Crippen LogP contribution is 2.30. The third kappa shape index (κ3) is 3.08. The molecule has 18 heavy (non-hydrogen) atoms. The Morgan fingerprint density at radius 3 is 2.28 bits per heavy atom. The Morgan fingerprint density at radius 2 is 1.78 bits per heavy atom. The van der Waals surface area contributed by atoms with Gasteiger partial charge < -0.3 is 5.32 Å². The van der Waals surface area contributed by atoms with Crippen LogP contribution in [0, 0.1) is 26.2 Å². The van der Waals surface area contributed by atoms with Crippen LogP contribution in [0.4, 0.5) is 5.69 Å². The van der Waals surface area contributed by atoms with E-state index in [2.05, 4.69) is 57.1 Å². The van der Waals surface area contributed by atoms with E-state index in [9.17, 15) is 0 Å². The Kier molecular flexibility index (Phi) is 3.71. The first kappa shape index (κ1) is 13.5. The zero-order valence-corrected chi connectivity index (χ0v) is 12.7. The first-order valence-electron chi connectivity index (χ1n) is 6.39. The standard InChI is InChI=1S/C15H22N2S/c1-10-6-11(2)13(12(3)7-10)17-14-16-8-15(4,5)9-18-14/h6-7H,8-9H2,1-5H3,(H,16,17). The molecule has 0 atom stereocenters. The highest BCUT2D eigenvalue weighted by molar-refractivity contribution is 8.14. The van der Waals surface area contributed by atoms with E-state index < -0.39 is 0 Å². The van der Waals surface area contributed by atoms with Gasteiger partial charge in [0.1, 0.15) is 0 Å². The molecule has 0 saturated heterocycles. The number of anilines is 1. The molecule has 1 aromatic carbocycles. The first-order chi connectivity index (χ1) is 8.37. The third-order valence-corrected chi connectivity index (χ3v) is 4.59. The number of aryl methyl sites for hydroxylation is 3. The van der Waals surface area contributed by atoms with Gasteiger partial charge in [-0.25, -0.2) is 0 Å². The Labute approximate surface area is 114 Å². The normalized spacial score (nSPS) is 18.4. The minimum atomic E-state index is 0.327. The van der Waals surface area contributed by atoms with E-state index in [-0.39, 0.29) is 0 Å². The van der Waals surface area contributed by atoms with Crippen molar-refractivity contribution in [3.05, 3.63) is 28.8 Å². The number of aliphatic imine (C=N–C) groups is 1. The van der Waals surface area contributed by atoms with E-state index in [1.807, 2.05) is 11.8 Å². The zero-order chi connectivity index (χ0) is 13.3. The van der Waals surface area contributed by atoms with Crippen LogP contribution in [0.1, 0.15) is 30.5 Å². The van der Waals surface area contributed by atoms with Crippen LogP contribution in [-0.2, 0) is 0 Å².